The topological polar surface area (TPSA) is 24.9 Å². The molecule has 0 spiro atoms. The van der Waals surface area contributed by atoms with Crippen LogP contribution >= 0.6 is 15.9 Å². The van der Waals surface area contributed by atoms with Crippen molar-refractivity contribution in [1.29, 1.82) is 0 Å². The molecule has 1 atom stereocenters. The van der Waals surface area contributed by atoms with Gasteiger partial charge >= 0.3 is 0 Å². The first-order valence-electron chi connectivity index (χ1n) is 7.09. The van der Waals surface area contributed by atoms with Gasteiger partial charge in [0.05, 0.1) is 0 Å². The number of pyridine rings is 1. The first-order valence-corrected chi connectivity index (χ1v) is 7.88. The van der Waals surface area contributed by atoms with Crippen LogP contribution in [0.15, 0.2) is 47.2 Å². The molecule has 3 heteroatoms. The van der Waals surface area contributed by atoms with Crippen LogP contribution in [0, 0.1) is 6.92 Å². The van der Waals surface area contributed by atoms with Gasteiger partial charge in [0, 0.05) is 22.9 Å². The monoisotopic (exact) mass is 332 g/mol. The highest BCUT2D eigenvalue weighted by molar-refractivity contribution is 9.10. The lowest BCUT2D eigenvalue weighted by molar-refractivity contribution is 0.529. The molecule has 20 heavy (non-hydrogen) atoms. The van der Waals surface area contributed by atoms with E-state index in [0.717, 1.165) is 19.4 Å². The van der Waals surface area contributed by atoms with Gasteiger partial charge < -0.3 is 5.32 Å². The number of aryl methyl sites for hydroxylation is 1. The van der Waals surface area contributed by atoms with Crippen molar-refractivity contribution < 1.29 is 0 Å². The Labute approximate surface area is 129 Å². The average molecular weight is 333 g/mol. The smallest absolute Gasteiger partial charge is 0.0360 e. The molecule has 0 amide bonds. The number of halogens is 1. The van der Waals surface area contributed by atoms with Gasteiger partial charge in [0.1, 0.15) is 0 Å². The predicted molar refractivity (Wildman–Crippen MR) is 87.9 cm³/mol. The highest BCUT2D eigenvalue weighted by Crippen LogP contribution is 2.23. The van der Waals surface area contributed by atoms with Gasteiger partial charge in [-0.05, 0) is 61.2 Å². The fourth-order valence-electron chi connectivity index (χ4n) is 2.27. The number of hydrogen-bond acceptors (Lipinski definition) is 2. The molecule has 2 rings (SSSR count). The molecule has 0 aliphatic rings. The van der Waals surface area contributed by atoms with Crippen LogP contribution in [-0.4, -0.2) is 11.5 Å². The van der Waals surface area contributed by atoms with E-state index in [1.807, 2.05) is 12.4 Å². The minimum absolute atomic E-state index is 0.351. The lowest BCUT2D eigenvalue weighted by atomic mass is 9.98. The van der Waals surface area contributed by atoms with Crippen molar-refractivity contribution >= 4 is 15.9 Å². The van der Waals surface area contributed by atoms with Crippen LogP contribution in [0.1, 0.15) is 36.1 Å². The highest BCUT2D eigenvalue weighted by atomic mass is 79.9. The first-order chi connectivity index (χ1) is 9.70. The van der Waals surface area contributed by atoms with E-state index in [1.54, 1.807) is 0 Å². The molecule has 0 aliphatic heterocycles. The molecule has 1 heterocycles. The molecule has 1 unspecified atom stereocenters. The molecule has 2 aromatic rings. The van der Waals surface area contributed by atoms with Crippen LogP contribution in [0.3, 0.4) is 0 Å². The summed E-state index contributed by atoms with van der Waals surface area (Å²) in [6.07, 6.45) is 5.85. The van der Waals surface area contributed by atoms with Gasteiger partial charge in [-0.25, -0.2) is 0 Å². The summed E-state index contributed by atoms with van der Waals surface area (Å²) in [5.41, 5.74) is 3.94. The average Bonchev–Trinajstić information content (AvgIpc) is 2.47. The number of nitrogens with zero attached hydrogens (tertiary/aromatic N) is 1. The molecule has 2 nitrogen and oxygen atoms in total. The molecule has 1 aromatic carbocycles. The Hall–Kier alpha value is -1.19. The van der Waals surface area contributed by atoms with E-state index >= 15 is 0 Å². The molecule has 106 valence electrons. The van der Waals surface area contributed by atoms with E-state index in [9.17, 15) is 0 Å². The number of rotatable bonds is 6. The molecule has 0 saturated heterocycles. The summed E-state index contributed by atoms with van der Waals surface area (Å²) in [6.45, 7) is 5.37. The van der Waals surface area contributed by atoms with Crippen LogP contribution in [0.2, 0.25) is 0 Å². The van der Waals surface area contributed by atoms with E-state index in [2.05, 4.69) is 70.4 Å². The number of nitrogens with one attached hydrogen (secondary N) is 1. The van der Waals surface area contributed by atoms with E-state index in [4.69, 9.17) is 0 Å². The van der Waals surface area contributed by atoms with Gasteiger partial charge in [0.2, 0.25) is 0 Å². The highest BCUT2D eigenvalue weighted by Gasteiger charge is 2.12. The second-order valence-electron chi connectivity index (χ2n) is 5.07. The van der Waals surface area contributed by atoms with Crippen LogP contribution in [0.5, 0.6) is 0 Å². The van der Waals surface area contributed by atoms with Crippen molar-refractivity contribution in [3.63, 3.8) is 0 Å². The second kappa shape index (κ2) is 7.55. The minimum atomic E-state index is 0.351. The van der Waals surface area contributed by atoms with Crippen molar-refractivity contribution in [2.45, 2.75) is 32.7 Å². The summed E-state index contributed by atoms with van der Waals surface area (Å²) in [5, 5.41) is 3.65. The third-order valence-corrected chi connectivity index (χ3v) is 4.30. The Bertz CT molecular complexity index is 540. The fraction of sp³-hybridized carbons (Fsp3) is 0.353. The quantitative estimate of drug-likeness (QED) is 0.846. The molecule has 1 aromatic heterocycles. The van der Waals surface area contributed by atoms with Gasteiger partial charge in [-0.3, -0.25) is 4.98 Å². The number of hydrogen-bond donors (Lipinski definition) is 1. The Morgan fingerprint density at radius 1 is 1.20 bits per heavy atom. The van der Waals surface area contributed by atoms with Crippen molar-refractivity contribution in [3.05, 3.63) is 63.9 Å². The Morgan fingerprint density at radius 2 is 1.95 bits per heavy atom. The zero-order chi connectivity index (χ0) is 14.4. The van der Waals surface area contributed by atoms with Crippen LogP contribution in [0.25, 0.3) is 0 Å². The minimum Gasteiger partial charge on any atom is -0.310 e. The van der Waals surface area contributed by atoms with Gasteiger partial charge in [0.25, 0.3) is 0 Å². The summed E-state index contributed by atoms with van der Waals surface area (Å²) < 4.78 is 1.17. The van der Waals surface area contributed by atoms with Crippen LogP contribution < -0.4 is 5.32 Å². The summed E-state index contributed by atoms with van der Waals surface area (Å²) in [7, 11) is 0. The number of aromatic nitrogens is 1. The van der Waals surface area contributed by atoms with Crippen LogP contribution in [0.4, 0.5) is 0 Å². The maximum Gasteiger partial charge on any atom is 0.0360 e. The Balaban J connectivity index is 2.20. The molecule has 0 radical (unpaired) electrons. The molecule has 0 aliphatic carbocycles. The summed E-state index contributed by atoms with van der Waals surface area (Å²) >= 11 is 3.57. The van der Waals surface area contributed by atoms with Gasteiger partial charge in [-0.15, -0.1) is 0 Å². The largest absolute Gasteiger partial charge is 0.310 e. The Kier molecular flexibility index (Phi) is 5.74. The molecular weight excluding hydrogens is 312 g/mol. The van der Waals surface area contributed by atoms with E-state index in [1.165, 1.54) is 21.2 Å². The normalized spacial score (nSPS) is 12.3. The standard InChI is InChI=1S/C17H21BrN2/c1-3-8-20-17(12-14-6-9-19-10-7-14)15-4-5-16(18)13(2)11-15/h4-7,9-11,17,20H,3,8,12H2,1-2H3. The van der Waals surface area contributed by atoms with Crippen molar-refractivity contribution in [2.75, 3.05) is 6.54 Å². The lowest BCUT2D eigenvalue weighted by Gasteiger charge is -2.20. The fourth-order valence-corrected chi connectivity index (χ4v) is 2.51. The lowest BCUT2D eigenvalue weighted by Crippen LogP contribution is -2.24. The van der Waals surface area contributed by atoms with E-state index in [-0.39, 0.29) is 0 Å². The number of benzene rings is 1. The van der Waals surface area contributed by atoms with E-state index in [0.29, 0.717) is 6.04 Å². The Morgan fingerprint density at radius 3 is 2.60 bits per heavy atom. The van der Waals surface area contributed by atoms with Gasteiger partial charge in [-0.1, -0.05) is 35.0 Å². The molecule has 1 N–H and O–H groups in total. The van der Waals surface area contributed by atoms with E-state index < -0.39 is 0 Å². The zero-order valence-corrected chi connectivity index (χ0v) is 13.7. The summed E-state index contributed by atoms with van der Waals surface area (Å²) in [5.74, 6) is 0. The zero-order valence-electron chi connectivity index (χ0n) is 12.1. The van der Waals surface area contributed by atoms with Gasteiger partial charge in [-0.2, -0.15) is 0 Å². The molecule has 0 fully saturated rings. The van der Waals surface area contributed by atoms with Crippen molar-refractivity contribution in [1.82, 2.24) is 10.3 Å². The summed E-state index contributed by atoms with van der Waals surface area (Å²) in [4.78, 5) is 4.09. The third-order valence-electron chi connectivity index (χ3n) is 3.41. The molecule has 0 saturated carbocycles. The first kappa shape index (κ1) is 15.2. The van der Waals surface area contributed by atoms with Crippen molar-refractivity contribution in [3.8, 4) is 0 Å². The predicted octanol–water partition coefficient (Wildman–Crippen LogP) is 4.44. The maximum absolute atomic E-state index is 4.09. The molecular formula is C17H21BrN2. The van der Waals surface area contributed by atoms with Crippen LogP contribution in [-0.2, 0) is 6.42 Å². The third kappa shape index (κ3) is 4.15. The molecule has 0 bridgehead atoms. The van der Waals surface area contributed by atoms with Gasteiger partial charge in [0.15, 0.2) is 0 Å². The SMILES string of the molecule is CCCNC(Cc1ccncc1)c1ccc(Br)c(C)c1. The second-order valence-corrected chi connectivity index (χ2v) is 5.93. The summed E-state index contributed by atoms with van der Waals surface area (Å²) in [6, 6.07) is 11.1. The van der Waals surface area contributed by atoms with Crippen molar-refractivity contribution in [2.24, 2.45) is 0 Å². The maximum atomic E-state index is 4.09.